The van der Waals surface area contributed by atoms with Crippen LogP contribution < -0.4 is 20.3 Å². The minimum Gasteiger partial charge on any atom is -0.497 e. The highest BCUT2D eigenvalue weighted by atomic mass is 16.5. The van der Waals surface area contributed by atoms with Gasteiger partial charge in [-0.05, 0) is 36.6 Å². The molecule has 2 aromatic carbocycles. The number of carbonyl (C=O) groups is 1. The fourth-order valence-corrected chi connectivity index (χ4v) is 2.86. The number of anilines is 1. The number of carbonyl (C=O) groups excluding carboxylic acids is 1. The van der Waals surface area contributed by atoms with Gasteiger partial charge in [-0.1, -0.05) is 18.2 Å². The van der Waals surface area contributed by atoms with Gasteiger partial charge < -0.3 is 19.4 Å². The Morgan fingerprint density at radius 2 is 1.85 bits per heavy atom. The van der Waals surface area contributed by atoms with E-state index in [2.05, 4.69) is 5.32 Å². The van der Waals surface area contributed by atoms with Crippen LogP contribution in [-0.4, -0.2) is 24.7 Å². The summed E-state index contributed by atoms with van der Waals surface area (Å²) in [6.45, 7) is 1.74. The molecule has 0 saturated carbocycles. The van der Waals surface area contributed by atoms with Crippen LogP contribution in [0, 0.1) is 6.92 Å². The van der Waals surface area contributed by atoms with Gasteiger partial charge in [0, 0.05) is 17.1 Å². The number of ether oxygens (including phenoxy) is 2. The van der Waals surface area contributed by atoms with Crippen molar-refractivity contribution in [1.29, 1.82) is 0 Å². The summed E-state index contributed by atoms with van der Waals surface area (Å²) in [4.78, 5) is 25.2. The molecule has 0 aliphatic heterocycles. The second kappa shape index (κ2) is 7.31. The minimum atomic E-state index is -0.311. The highest BCUT2D eigenvalue weighted by Crippen LogP contribution is 2.29. The number of nitrogens with zero attached hydrogens (tertiary/aromatic N) is 1. The topological polar surface area (TPSA) is 69.6 Å². The molecule has 3 rings (SSSR count). The number of aryl methyl sites for hydroxylation is 1. The molecule has 0 spiro atoms. The van der Waals surface area contributed by atoms with E-state index in [0.717, 1.165) is 11.1 Å². The second-order valence-corrected chi connectivity index (χ2v) is 5.88. The number of hydrogen-bond acceptors (Lipinski definition) is 4. The Balaban J connectivity index is 1.87. The van der Waals surface area contributed by atoms with Gasteiger partial charge in [0.2, 0.25) is 5.91 Å². The smallest absolute Gasteiger partial charge is 0.259 e. The minimum absolute atomic E-state index is 0.0787. The molecule has 26 heavy (non-hydrogen) atoms. The molecule has 0 aliphatic rings. The van der Waals surface area contributed by atoms with Crippen LogP contribution in [0.4, 0.5) is 5.69 Å². The molecule has 1 N–H and O–H groups in total. The lowest BCUT2D eigenvalue weighted by Crippen LogP contribution is -2.29. The molecule has 0 saturated heterocycles. The summed E-state index contributed by atoms with van der Waals surface area (Å²) < 4.78 is 11.9. The molecule has 0 atom stereocenters. The van der Waals surface area contributed by atoms with E-state index < -0.39 is 0 Å². The summed E-state index contributed by atoms with van der Waals surface area (Å²) in [5.74, 6) is 0.802. The molecule has 0 fully saturated rings. The van der Waals surface area contributed by atoms with E-state index in [-0.39, 0.29) is 18.0 Å². The van der Waals surface area contributed by atoms with E-state index in [1.165, 1.54) is 11.7 Å². The standard InChI is InChI=1S/C20H20N2O4/c1-13-10-14-6-4-5-7-16(14)20(24)22(13)12-19(23)21-17-9-8-15(25-2)11-18(17)26-3/h4-11H,12H2,1-3H3,(H,21,23). The third kappa shape index (κ3) is 3.39. The highest BCUT2D eigenvalue weighted by Gasteiger charge is 2.13. The maximum Gasteiger partial charge on any atom is 0.259 e. The van der Waals surface area contributed by atoms with Crippen LogP contribution in [0.2, 0.25) is 0 Å². The molecule has 1 heterocycles. The van der Waals surface area contributed by atoms with Crippen molar-refractivity contribution in [2.45, 2.75) is 13.5 Å². The number of amides is 1. The average Bonchev–Trinajstić information content (AvgIpc) is 2.65. The van der Waals surface area contributed by atoms with Crippen LogP contribution in [0.3, 0.4) is 0 Å². The molecule has 134 valence electrons. The highest BCUT2D eigenvalue weighted by molar-refractivity contribution is 5.92. The van der Waals surface area contributed by atoms with Crippen molar-refractivity contribution in [2.75, 3.05) is 19.5 Å². The number of pyridine rings is 1. The summed E-state index contributed by atoms with van der Waals surface area (Å²) in [7, 11) is 3.07. The Morgan fingerprint density at radius 3 is 2.58 bits per heavy atom. The van der Waals surface area contributed by atoms with E-state index in [9.17, 15) is 9.59 Å². The van der Waals surface area contributed by atoms with Crippen LogP contribution >= 0.6 is 0 Å². The van der Waals surface area contributed by atoms with Gasteiger partial charge in [0.25, 0.3) is 5.56 Å². The largest absolute Gasteiger partial charge is 0.497 e. The Bertz CT molecular complexity index is 1020. The number of nitrogens with one attached hydrogen (secondary N) is 1. The fraction of sp³-hybridized carbons (Fsp3) is 0.200. The first-order valence-electron chi connectivity index (χ1n) is 8.14. The Kier molecular flexibility index (Phi) is 4.93. The zero-order valence-corrected chi connectivity index (χ0v) is 14.9. The van der Waals surface area contributed by atoms with E-state index >= 15 is 0 Å². The summed E-state index contributed by atoms with van der Waals surface area (Å²) >= 11 is 0. The first-order valence-corrected chi connectivity index (χ1v) is 8.14. The molecular weight excluding hydrogens is 332 g/mol. The predicted octanol–water partition coefficient (Wildman–Crippen LogP) is 2.97. The van der Waals surface area contributed by atoms with Gasteiger partial charge in [-0.2, -0.15) is 0 Å². The van der Waals surface area contributed by atoms with Gasteiger partial charge in [0.15, 0.2) is 0 Å². The van der Waals surface area contributed by atoms with Crippen molar-refractivity contribution in [3.05, 3.63) is 64.6 Å². The maximum atomic E-state index is 12.7. The lowest BCUT2D eigenvalue weighted by molar-refractivity contribution is -0.116. The Labute approximate surface area is 151 Å². The monoisotopic (exact) mass is 352 g/mol. The normalized spacial score (nSPS) is 10.6. The zero-order chi connectivity index (χ0) is 18.7. The van der Waals surface area contributed by atoms with Crippen molar-refractivity contribution in [2.24, 2.45) is 0 Å². The average molecular weight is 352 g/mol. The van der Waals surface area contributed by atoms with Gasteiger partial charge in [-0.25, -0.2) is 0 Å². The van der Waals surface area contributed by atoms with Gasteiger partial charge in [-0.3, -0.25) is 9.59 Å². The molecule has 6 nitrogen and oxygen atoms in total. The molecule has 0 unspecified atom stereocenters. The Hall–Kier alpha value is -3.28. The van der Waals surface area contributed by atoms with Crippen LogP contribution in [0.15, 0.2) is 53.3 Å². The van der Waals surface area contributed by atoms with E-state index in [1.54, 1.807) is 31.4 Å². The molecule has 6 heteroatoms. The molecule has 0 radical (unpaired) electrons. The molecule has 0 aliphatic carbocycles. The quantitative estimate of drug-likeness (QED) is 0.766. The number of rotatable bonds is 5. The van der Waals surface area contributed by atoms with Gasteiger partial charge >= 0.3 is 0 Å². The van der Waals surface area contributed by atoms with E-state index in [4.69, 9.17) is 9.47 Å². The number of methoxy groups -OCH3 is 2. The molecule has 1 amide bonds. The van der Waals surface area contributed by atoms with Gasteiger partial charge in [0.1, 0.15) is 18.0 Å². The van der Waals surface area contributed by atoms with Crippen molar-refractivity contribution >= 4 is 22.4 Å². The van der Waals surface area contributed by atoms with Crippen LogP contribution in [0.5, 0.6) is 11.5 Å². The third-order valence-electron chi connectivity index (χ3n) is 4.21. The summed E-state index contributed by atoms with van der Waals surface area (Å²) in [5, 5.41) is 4.24. The number of fused-ring (bicyclic) bond motifs is 1. The summed E-state index contributed by atoms with van der Waals surface area (Å²) in [6, 6.07) is 14.4. The van der Waals surface area contributed by atoms with Crippen LogP contribution in [0.25, 0.3) is 10.8 Å². The second-order valence-electron chi connectivity index (χ2n) is 5.88. The first kappa shape index (κ1) is 17.5. The maximum absolute atomic E-state index is 12.7. The third-order valence-corrected chi connectivity index (χ3v) is 4.21. The molecular formula is C20H20N2O4. The lowest BCUT2D eigenvalue weighted by Gasteiger charge is -2.14. The number of aromatic nitrogens is 1. The van der Waals surface area contributed by atoms with Gasteiger partial charge in [0.05, 0.1) is 19.9 Å². The van der Waals surface area contributed by atoms with E-state index in [1.807, 2.05) is 31.2 Å². The lowest BCUT2D eigenvalue weighted by atomic mass is 10.1. The SMILES string of the molecule is COc1ccc(NC(=O)Cn2c(C)cc3ccccc3c2=O)c(OC)c1. The zero-order valence-electron chi connectivity index (χ0n) is 14.9. The summed E-state index contributed by atoms with van der Waals surface area (Å²) in [6.07, 6.45) is 0. The number of hydrogen-bond donors (Lipinski definition) is 1. The Morgan fingerprint density at radius 1 is 1.08 bits per heavy atom. The molecule has 1 aromatic heterocycles. The van der Waals surface area contributed by atoms with Crippen molar-refractivity contribution in [1.82, 2.24) is 4.57 Å². The van der Waals surface area contributed by atoms with Crippen molar-refractivity contribution in [3.63, 3.8) is 0 Å². The molecule has 3 aromatic rings. The molecule has 0 bridgehead atoms. The van der Waals surface area contributed by atoms with E-state index in [0.29, 0.717) is 22.6 Å². The van der Waals surface area contributed by atoms with Crippen LogP contribution in [-0.2, 0) is 11.3 Å². The van der Waals surface area contributed by atoms with Crippen molar-refractivity contribution in [3.8, 4) is 11.5 Å². The van der Waals surface area contributed by atoms with Gasteiger partial charge in [-0.15, -0.1) is 0 Å². The fourth-order valence-electron chi connectivity index (χ4n) is 2.86. The first-order chi connectivity index (χ1) is 12.5. The summed E-state index contributed by atoms with van der Waals surface area (Å²) in [5.41, 5.74) is 1.06. The van der Waals surface area contributed by atoms with Crippen LogP contribution in [0.1, 0.15) is 5.69 Å². The number of benzene rings is 2. The van der Waals surface area contributed by atoms with Crippen molar-refractivity contribution < 1.29 is 14.3 Å². The predicted molar refractivity (Wildman–Crippen MR) is 101 cm³/mol.